The Balaban J connectivity index is 1.55. The third kappa shape index (κ3) is 5.56. The first kappa shape index (κ1) is 19.9. The first-order valence-corrected chi connectivity index (χ1v) is 12.5. The molecule has 0 spiro atoms. The van der Waals surface area contributed by atoms with Crippen LogP contribution in [-0.2, 0) is 15.8 Å². The van der Waals surface area contributed by atoms with Crippen LogP contribution in [0.4, 0.5) is 0 Å². The van der Waals surface area contributed by atoms with Crippen molar-refractivity contribution in [3.63, 3.8) is 0 Å². The summed E-state index contributed by atoms with van der Waals surface area (Å²) in [4.78, 5) is 13.8. The molecule has 140 valence electrons. The van der Waals surface area contributed by atoms with Gasteiger partial charge in [0, 0.05) is 33.4 Å². The van der Waals surface area contributed by atoms with Crippen LogP contribution in [0.5, 0.6) is 0 Å². The molecule has 1 aromatic carbocycles. The van der Waals surface area contributed by atoms with Gasteiger partial charge in [0.15, 0.2) is 0 Å². The first-order valence-electron chi connectivity index (χ1n) is 8.16. The van der Waals surface area contributed by atoms with E-state index < -0.39 is 10.0 Å². The number of sulfonamides is 1. The molecule has 1 aliphatic carbocycles. The maximum absolute atomic E-state index is 12.4. The largest absolute Gasteiger partial charge is 0.351 e. The second kappa shape index (κ2) is 8.88. The Labute approximate surface area is 170 Å². The van der Waals surface area contributed by atoms with Gasteiger partial charge in [-0.25, -0.2) is 13.1 Å². The molecule has 0 saturated heterocycles. The molecule has 2 aromatic rings. The van der Waals surface area contributed by atoms with Gasteiger partial charge in [0.1, 0.15) is 0 Å². The quantitative estimate of drug-likeness (QED) is 0.544. The fraction of sp³-hybridized carbons (Fsp3) is 0.353. The van der Waals surface area contributed by atoms with Crippen LogP contribution in [0.25, 0.3) is 0 Å². The molecule has 0 radical (unpaired) electrons. The molecule has 1 aromatic heterocycles. The van der Waals surface area contributed by atoms with E-state index in [0.717, 1.165) is 24.3 Å². The smallest absolute Gasteiger partial charge is 0.252 e. The van der Waals surface area contributed by atoms with Gasteiger partial charge in [-0.15, -0.1) is 11.3 Å². The summed E-state index contributed by atoms with van der Waals surface area (Å²) in [7, 11) is -3.58. The molecular weight excluding hydrogens is 456 g/mol. The van der Waals surface area contributed by atoms with Gasteiger partial charge in [0.25, 0.3) is 5.91 Å². The van der Waals surface area contributed by atoms with Crippen LogP contribution in [-0.4, -0.2) is 32.7 Å². The molecule has 9 heteroatoms. The molecule has 2 N–H and O–H groups in total. The normalized spacial score (nSPS) is 14.3. The fourth-order valence-electron chi connectivity index (χ4n) is 2.23. The minimum atomic E-state index is -3.58. The average Bonchev–Trinajstić information content (AvgIpc) is 3.24. The van der Waals surface area contributed by atoms with Gasteiger partial charge in [0.05, 0.1) is 10.5 Å². The molecule has 1 heterocycles. The molecule has 0 aliphatic heterocycles. The average molecular weight is 475 g/mol. The molecule has 0 unspecified atom stereocenters. The van der Waals surface area contributed by atoms with E-state index in [2.05, 4.69) is 32.0 Å². The van der Waals surface area contributed by atoms with Crippen LogP contribution in [0, 0.1) is 0 Å². The Morgan fingerprint density at radius 3 is 2.81 bits per heavy atom. The van der Waals surface area contributed by atoms with Crippen molar-refractivity contribution in [3.8, 4) is 0 Å². The highest BCUT2D eigenvalue weighted by molar-refractivity contribution is 9.10. The number of benzene rings is 1. The van der Waals surface area contributed by atoms with E-state index in [9.17, 15) is 13.2 Å². The first-order chi connectivity index (χ1) is 12.5. The highest BCUT2D eigenvalue weighted by Gasteiger charge is 2.28. The number of amides is 1. The van der Waals surface area contributed by atoms with E-state index in [1.165, 1.54) is 17.0 Å². The summed E-state index contributed by atoms with van der Waals surface area (Å²) in [5.41, 5.74) is 0.326. The lowest BCUT2D eigenvalue weighted by molar-refractivity contribution is 0.0955. The van der Waals surface area contributed by atoms with E-state index in [0.29, 0.717) is 16.6 Å². The summed E-state index contributed by atoms with van der Waals surface area (Å²) >= 11 is 6.80. The zero-order valence-electron chi connectivity index (χ0n) is 13.9. The van der Waals surface area contributed by atoms with E-state index in [-0.39, 0.29) is 16.8 Å². The van der Waals surface area contributed by atoms with Gasteiger partial charge in [-0.2, -0.15) is 11.8 Å². The van der Waals surface area contributed by atoms with Crippen LogP contribution in [0.1, 0.15) is 28.1 Å². The molecule has 1 aliphatic rings. The third-order valence-corrected chi connectivity index (χ3v) is 8.03. The van der Waals surface area contributed by atoms with Crippen molar-refractivity contribution in [1.29, 1.82) is 0 Å². The second-order valence-corrected chi connectivity index (χ2v) is 10.6. The van der Waals surface area contributed by atoms with E-state index >= 15 is 0 Å². The van der Waals surface area contributed by atoms with Crippen molar-refractivity contribution < 1.29 is 13.2 Å². The number of hydrogen-bond acceptors (Lipinski definition) is 5. The monoisotopic (exact) mass is 474 g/mol. The van der Waals surface area contributed by atoms with Gasteiger partial charge in [0.2, 0.25) is 10.0 Å². The molecule has 0 bridgehead atoms. The molecule has 5 nitrogen and oxygen atoms in total. The lowest BCUT2D eigenvalue weighted by Crippen LogP contribution is -2.28. The van der Waals surface area contributed by atoms with Crippen LogP contribution >= 0.6 is 39.0 Å². The minimum absolute atomic E-state index is 0.0290. The Morgan fingerprint density at radius 1 is 1.31 bits per heavy atom. The van der Waals surface area contributed by atoms with Crippen molar-refractivity contribution in [1.82, 2.24) is 10.0 Å². The molecule has 0 atom stereocenters. The standard InChI is InChI=1S/C17H19BrN2O3S3/c18-16-6-5-14(26(22,23)20-12-3-4-12)10-15(16)17(21)19-7-9-24-11-13-2-1-8-25-13/h1-2,5-6,8,10,12,20H,3-4,7,9,11H2,(H,19,21). The SMILES string of the molecule is O=C(NCCSCc1cccs1)c1cc(S(=O)(=O)NC2CC2)ccc1Br. The number of hydrogen-bond donors (Lipinski definition) is 2. The highest BCUT2D eigenvalue weighted by atomic mass is 79.9. The Hall–Kier alpha value is -0.870. The zero-order valence-corrected chi connectivity index (χ0v) is 17.9. The third-order valence-electron chi connectivity index (χ3n) is 3.75. The van der Waals surface area contributed by atoms with Crippen LogP contribution in [0.15, 0.2) is 45.1 Å². The van der Waals surface area contributed by atoms with Crippen molar-refractivity contribution >= 4 is 55.0 Å². The summed E-state index contributed by atoms with van der Waals surface area (Å²) in [6.45, 7) is 0.526. The Morgan fingerprint density at radius 2 is 2.12 bits per heavy atom. The topological polar surface area (TPSA) is 75.3 Å². The van der Waals surface area contributed by atoms with Gasteiger partial charge >= 0.3 is 0 Å². The number of carbonyl (C=O) groups is 1. The Kier molecular flexibility index (Phi) is 6.79. The van der Waals surface area contributed by atoms with Crippen LogP contribution in [0.2, 0.25) is 0 Å². The van der Waals surface area contributed by atoms with E-state index in [4.69, 9.17) is 0 Å². The minimum Gasteiger partial charge on any atom is -0.351 e. The summed E-state index contributed by atoms with van der Waals surface area (Å²) in [5, 5.41) is 4.90. The maximum Gasteiger partial charge on any atom is 0.252 e. The summed E-state index contributed by atoms with van der Waals surface area (Å²) in [5.74, 6) is 1.44. The van der Waals surface area contributed by atoms with Crippen molar-refractivity contribution in [2.24, 2.45) is 0 Å². The zero-order chi connectivity index (χ0) is 18.6. The maximum atomic E-state index is 12.4. The predicted octanol–water partition coefficient (Wildman–Crippen LogP) is 3.61. The molecule has 1 amide bonds. The van der Waals surface area contributed by atoms with Gasteiger partial charge < -0.3 is 5.32 Å². The molecule has 1 fully saturated rings. The number of halogens is 1. The number of thioether (sulfide) groups is 1. The van der Waals surface area contributed by atoms with Crippen LogP contribution < -0.4 is 10.0 Å². The van der Waals surface area contributed by atoms with Gasteiger partial charge in [-0.3, -0.25) is 4.79 Å². The fourth-order valence-corrected chi connectivity index (χ4v) is 5.69. The lowest BCUT2D eigenvalue weighted by Gasteiger charge is -2.10. The van der Waals surface area contributed by atoms with Crippen molar-refractivity contribution in [2.75, 3.05) is 12.3 Å². The van der Waals surface area contributed by atoms with E-state index in [1.807, 2.05) is 11.4 Å². The summed E-state index contributed by atoms with van der Waals surface area (Å²) < 4.78 is 27.8. The number of thiophene rings is 1. The number of rotatable bonds is 9. The Bertz CT molecular complexity index is 865. The van der Waals surface area contributed by atoms with Crippen molar-refractivity contribution in [2.45, 2.75) is 29.5 Å². The second-order valence-electron chi connectivity index (χ2n) is 5.93. The highest BCUT2D eigenvalue weighted by Crippen LogP contribution is 2.25. The van der Waals surface area contributed by atoms with Crippen LogP contribution in [0.3, 0.4) is 0 Å². The van der Waals surface area contributed by atoms with Gasteiger partial charge in [-0.05, 0) is 58.4 Å². The van der Waals surface area contributed by atoms with Gasteiger partial charge in [-0.1, -0.05) is 6.07 Å². The molecule has 26 heavy (non-hydrogen) atoms. The van der Waals surface area contributed by atoms with Crippen molar-refractivity contribution in [3.05, 3.63) is 50.6 Å². The summed E-state index contributed by atoms with van der Waals surface area (Å²) in [6, 6.07) is 8.67. The molecule has 1 saturated carbocycles. The number of carbonyl (C=O) groups excluding carboxylic acids is 1. The number of nitrogens with one attached hydrogen (secondary N) is 2. The lowest BCUT2D eigenvalue weighted by atomic mass is 10.2. The molecule has 3 rings (SSSR count). The predicted molar refractivity (Wildman–Crippen MR) is 110 cm³/mol. The molecular formula is C17H19BrN2O3S3. The van der Waals surface area contributed by atoms with E-state index in [1.54, 1.807) is 29.2 Å². The summed E-state index contributed by atoms with van der Waals surface area (Å²) in [6.07, 6.45) is 1.73.